The smallest absolute Gasteiger partial charge is 0.229 e. The van der Waals surface area contributed by atoms with E-state index in [2.05, 4.69) is 49.7 Å². The molecule has 2 aromatic carbocycles. The van der Waals surface area contributed by atoms with E-state index in [1.807, 2.05) is 41.3 Å². The van der Waals surface area contributed by atoms with Gasteiger partial charge in [-0.1, -0.05) is 60.7 Å². The third-order valence-corrected chi connectivity index (χ3v) is 9.70. The minimum Gasteiger partial charge on any atom is -0.388 e. The highest BCUT2D eigenvalue weighted by Crippen LogP contribution is 2.40. The zero-order valence-corrected chi connectivity index (χ0v) is 26.8. The van der Waals surface area contributed by atoms with Crippen LogP contribution in [0, 0.1) is 6.92 Å². The van der Waals surface area contributed by atoms with E-state index in [0.29, 0.717) is 61.2 Å². The zero-order valence-electron chi connectivity index (χ0n) is 26.0. The van der Waals surface area contributed by atoms with E-state index in [4.69, 9.17) is 15.0 Å². The number of aryl methyl sites for hydroxylation is 1. The largest absolute Gasteiger partial charge is 0.388 e. The quantitative estimate of drug-likeness (QED) is 0.169. The fourth-order valence-corrected chi connectivity index (χ4v) is 7.48. The van der Waals surface area contributed by atoms with Crippen LogP contribution in [0.4, 0.5) is 11.8 Å². The monoisotopic (exact) mass is 659 g/mol. The van der Waals surface area contributed by atoms with Gasteiger partial charge in [-0.2, -0.15) is 14.8 Å². The Hall–Kier alpha value is -4.51. The first-order valence-electron chi connectivity index (χ1n) is 15.6. The van der Waals surface area contributed by atoms with Gasteiger partial charge in [0.25, 0.3) is 0 Å². The van der Waals surface area contributed by atoms with E-state index in [9.17, 15) is 18.6 Å². The molecule has 4 N–H and O–H groups in total. The van der Waals surface area contributed by atoms with Crippen molar-refractivity contribution in [1.82, 2.24) is 44.4 Å². The van der Waals surface area contributed by atoms with Gasteiger partial charge >= 0.3 is 0 Å². The summed E-state index contributed by atoms with van der Waals surface area (Å²) < 4.78 is 28.4. The first-order valence-corrected chi connectivity index (χ1v) is 17.5. The molecule has 0 amide bonds. The number of hydrogen-bond acceptors (Lipinski definition) is 12. The molecule has 15 nitrogen and oxygen atoms in total. The number of aliphatic hydroxyl groups excluding tert-OH is 2. The number of fused-ring (bicyclic) bond motifs is 1. The molecule has 1 unspecified atom stereocenters. The molecule has 47 heavy (non-hydrogen) atoms. The summed E-state index contributed by atoms with van der Waals surface area (Å²) in [6.07, 6.45) is 1.40. The van der Waals surface area contributed by atoms with Crippen molar-refractivity contribution in [1.29, 1.82) is 0 Å². The van der Waals surface area contributed by atoms with Crippen LogP contribution in [-0.2, 0) is 10.0 Å². The average molecular weight is 660 g/mol. The summed E-state index contributed by atoms with van der Waals surface area (Å²) in [5, 5.41) is 38.0. The minimum atomic E-state index is -3.39. The molecule has 1 aliphatic heterocycles. The van der Waals surface area contributed by atoms with Gasteiger partial charge in [0.2, 0.25) is 16.0 Å². The topological polar surface area (TPSA) is 189 Å². The maximum Gasteiger partial charge on any atom is 0.229 e. The Morgan fingerprint density at radius 1 is 0.979 bits per heavy atom. The van der Waals surface area contributed by atoms with Crippen LogP contribution < -0.4 is 14.9 Å². The molecule has 0 spiro atoms. The Morgan fingerprint density at radius 3 is 2.30 bits per heavy atom. The second kappa shape index (κ2) is 12.6. The Balaban J connectivity index is 1.25. The van der Waals surface area contributed by atoms with E-state index in [1.165, 1.54) is 4.80 Å². The highest BCUT2D eigenvalue weighted by Gasteiger charge is 2.45. The molecule has 246 valence electrons. The summed E-state index contributed by atoms with van der Waals surface area (Å²) in [5.74, 6) is 1.40. The molecule has 2 fully saturated rings. The first-order chi connectivity index (χ1) is 22.6. The van der Waals surface area contributed by atoms with Crippen molar-refractivity contribution < 1.29 is 18.6 Å². The predicted molar refractivity (Wildman–Crippen MR) is 174 cm³/mol. The SMILES string of the molecule is Cc1nnn([C@H]2C[C@@H](n3cnc4c(NCC(c5ccccc5)c5ccccc5)nc(N5CCC(NS(C)(=O)=O)C5)nc43)[C@H](O)[C@@H]2O)n1. The molecular weight excluding hydrogens is 622 g/mol. The maximum absolute atomic E-state index is 11.9. The molecule has 4 heterocycles. The molecule has 7 rings (SSSR count). The summed E-state index contributed by atoms with van der Waals surface area (Å²) in [6.45, 7) is 3.17. The molecule has 5 atom stereocenters. The van der Waals surface area contributed by atoms with Gasteiger partial charge in [-0.15, -0.1) is 10.2 Å². The van der Waals surface area contributed by atoms with E-state index in [1.54, 1.807) is 17.8 Å². The van der Waals surface area contributed by atoms with Crippen molar-refractivity contribution in [3.8, 4) is 0 Å². The van der Waals surface area contributed by atoms with Gasteiger partial charge in [-0.3, -0.25) is 0 Å². The molecule has 16 heteroatoms. The standard InChI is InChI=1S/C31H37N11O4S/c1-19-36-39-42(37-19)25-15-24(27(43)28(25)44)41-18-33-26-29(32-16-23(20-9-5-3-6-10-20)21-11-7-4-8-12-21)34-31(35-30(26)41)40-14-13-22(17-40)38-47(2,45)46/h3-12,18,22-25,27-28,38,43-44H,13-17H2,1-2H3,(H,32,34,35)/t22?,24-,25+,27+,28-/m1/s1. The number of benzene rings is 2. The molecule has 5 aromatic rings. The van der Waals surface area contributed by atoms with Gasteiger partial charge in [-0.25, -0.2) is 18.1 Å². The highest BCUT2D eigenvalue weighted by atomic mass is 32.2. The van der Waals surface area contributed by atoms with Gasteiger partial charge in [-0.05, 0) is 36.1 Å². The zero-order chi connectivity index (χ0) is 32.7. The van der Waals surface area contributed by atoms with Gasteiger partial charge in [0.15, 0.2) is 22.8 Å². The fourth-order valence-electron chi connectivity index (χ4n) is 6.68. The molecular formula is C31H37N11O4S. The van der Waals surface area contributed by atoms with Crippen LogP contribution in [0.2, 0.25) is 0 Å². The van der Waals surface area contributed by atoms with Crippen LogP contribution in [0.25, 0.3) is 11.2 Å². The molecule has 1 saturated carbocycles. The average Bonchev–Trinajstić information content (AvgIpc) is 3.85. The molecule has 0 bridgehead atoms. The lowest BCUT2D eigenvalue weighted by Gasteiger charge is -2.22. The molecule has 3 aromatic heterocycles. The Labute approximate surface area is 271 Å². The summed E-state index contributed by atoms with van der Waals surface area (Å²) >= 11 is 0. The molecule has 1 saturated heterocycles. The van der Waals surface area contributed by atoms with Crippen molar-refractivity contribution in [3.63, 3.8) is 0 Å². The third kappa shape index (κ3) is 6.41. The fraction of sp³-hybridized carbons (Fsp3) is 0.419. The van der Waals surface area contributed by atoms with Gasteiger partial charge in [0, 0.05) is 31.6 Å². The van der Waals surface area contributed by atoms with E-state index in [-0.39, 0.29) is 12.0 Å². The van der Waals surface area contributed by atoms with E-state index in [0.717, 1.165) is 17.4 Å². The number of imidazole rings is 1. The predicted octanol–water partition coefficient (Wildman–Crippen LogP) is 1.40. The number of hydrogen-bond donors (Lipinski definition) is 4. The van der Waals surface area contributed by atoms with Crippen LogP contribution in [-0.4, -0.2) is 102 Å². The number of anilines is 2. The lowest BCUT2D eigenvalue weighted by Crippen LogP contribution is -2.36. The van der Waals surface area contributed by atoms with Crippen molar-refractivity contribution in [2.24, 2.45) is 0 Å². The normalized spacial score (nSPS) is 23.3. The van der Waals surface area contributed by atoms with Gasteiger partial charge < -0.3 is 25.0 Å². The molecule has 2 aliphatic rings. The Kier molecular flexibility index (Phi) is 8.34. The van der Waals surface area contributed by atoms with E-state index < -0.39 is 34.3 Å². The number of nitrogens with zero attached hydrogens (tertiary/aromatic N) is 9. The van der Waals surface area contributed by atoms with Crippen LogP contribution in [0.15, 0.2) is 67.0 Å². The summed E-state index contributed by atoms with van der Waals surface area (Å²) in [7, 11) is -3.39. The number of rotatable bonds is 10. The second-order valence-corrected chi connectivity index (χ2v) is 14.1. The van der Waals surface area contributed by atoms with Crippen LogP contribution in [0.3, 0.4) is 0 Å². The first kappa shape index (κ1) is 31.1. The minimum absolute atomic E-state index is 0.00859. The van der Waals surface area contributed by atoms with Crippen molar-refractivity contribution in [2.45, 2.75) is 56.0 Å². The van der Waals surface area contributed by atoms with Crippen molar-refractivity contribution >= 4 is 33.0 Å². The Bertz CT molecular complexity index is 1910. The third-order valence-electron chi connectivity index (χ3n) is 8.94. The van der Waals surface area contributed by atoms with Gasteiger partial charge in [0.1, 0.15) is 18.2 Å². The van der Waals surface area contributed by atoms with Crippen molar-refractivity contribution in [2.75, 3.05) is 36.1 Å². The summed E-state index contributed by atoms with van der Waals surface area (Å²) in [4.78, 5) is 17.8. The summed E-state index contributed by atoms with van der Waals surface area (Å²) in [5.41, 5.74) is 3.27. The second-order valence-electron chi connectivity index (χ2n) is 12.3. The van der Waals surface area contributed by atoms with Crippen LogP contribution in [0.5, 0.6) is 0 Å². The number of sulfonamides is 1. The number of aliphatic hydroxyl groups is 2. The van der Waals surface area contributed by atoms with E-state index >= 15 is 0 Å². The van der Waals surface area contributed by atoms with Crippen LogP contribution in [0.1, 0.15) is 47.8 Å². The number of tetrazole rings is 1. The molecule has 0 radical (unpaired) electrons. The number of nitrogens with one attached hydrogen (secondary N) is 2. The highest BCUT2D eigenvalue weighted by molar-refractivity contribution is 7.88. The van der Waals surface area contributed by atoms with Crippen molar-refractivity contribution in [3.05, 3.63) is 83.9 Å². The lowest BCUT2D eigenvalue weighted by atomic mass is 9.91. The lowest BCUT2D eigenvalue weighted by molar-refractivity contribution is 0.00474. The maximum atomic E-state index is 11.9. The number of aromatic nitrogens is 8. The molecule has 1 aliphatic carbocycles. The summed E-state index contributed by atoms with van der Waals surface area (Å²) in [6, 6.07) is 19.0. The Morgan fingerprint density at radius 2 is 1.66 bits per heavy atom. The van der Waals surface area contributed by atoms with Crippen LogP contribution >= 0.6 is 0 Å². The van der Waals surface area contributed by atoms with Gasteiger partial charge in [0.05, 0.1) is 18.6 Å².